The zero-order chi connectivity index (χ0) is 31.9. The Bertz CT molecular complexity index is 1890. The average molecular weight is 600 g/mol. The Kier molecular flexibility index (Phi) is 8.25. The first kappa shape index (κ1) is 30.4. The summed E-state index contributed by atoms with van der Waals surface area (Å²) in [4.78, 5) is 45.5. The van der Waals surface area contributed by atoms with Crippen LogP contribution >= 0.6 is 0 Å². The van der Waals surface area contributed by atoms with Gasteiger partial charge in [-0.1, -0.05) is 12.7 Å². The minimum absolute atomic E-state index is 0.0453. The quantitative estimate of drug-likeness (QED) is 0.155. The number of carbonyl (C=O) groups is 3. The maximum absolute atomic E-state index is 12.6. The third-order valence-corrected chi connectivity index (χ3v) is 8.51. The standard InChI is InChI=1S/C33H37N5O6/c1-6-19-17(4)32(43)38-25(19)12-23-16(3)21(8-10-30(41)42)27(36-23)13-26-20(7-9-29(39)40)15(2)22(35-26)11-24-18(5)31(28-14-34-28)33(44)37-24/h6,11-13,28,34-36,38,43H,1,7-10,14H2,2-5H3,(H,37,44)(H,39,40)(H,41,42)/b23-12-,24-11-,27-13-/t28-/m0/s1. The number of aliphatic carboxylic acids is 2. The summed E-state index contributed by atoms with van der Waals surface area (Å²) >= 11 is 0. The molecule has 230 valence electrons. The topological polar surface area (TPSA) is 193 Å². The van der Waals surface area contributed by atoms with Crippen molar-refractivity contribution < 1.29 is 29.7 Å². The molecule has 11 nitrogen and oxygen atoms in total. The first-order chi connectivity index (χ1) is 20.9. The molecule has 0 saturated carbocycles. The third-order valence-electron chi connectivity index (χ3n) is 8.51. The Labute approximate surface area is 253 Å². The van der Waals surface area contributed by atoms with Crippen LogP contribution in [0.3, 0.4) is 0 Å². The fraction of sp³-hybridized carbons (Fsp3) is 0.303. The molecular formula is C33H37N5O6. The molecule has 0 bridgehead atoms. The number of hydrogen-bond acceptors (Lipinski definition) is 5. The lowest BCUT2D eigenvalue weighted by Gasteiger charge is -2.02. The van der Waals surface area contributed by atoms with Gasteiger partial charge >= 0.3 is 11.9 Å². The number of allylic oxidation sites excluding steroid dienone is 1. The third kappa shape index (κ3) is 5.91. The van der Waals surface area contributed by atoms with E-state index in [4.69, 9.17) is 0 Å². The number of carboxylic acids is 2. The largest absolute Gasteiger partial charge is 0.494 e. The second kappa shape index (κ2) is 11.9. The van der Waals surface area contributed by atoms with Crippen LogP contribution in [-0.4, -0.2) is 60.7 Å². The molecule has 44 heavy (non-hydrogen) atoms. The minimum Gasteiger partial charge on any atom is -0.494 e. The van der Waals surface area contributed by atoms with Crippen molar-refractivity contribution in [2.75, 3.05) is 6.54 Å². The van der Waals surface area contributed by atoms with Crippen LogP contribution in [0, 0.1) is 20.8 Å². The van der Waals surface area contributed by atoms with Gasteiger partial charge in [-0.25, -0.2) is 0 Å². The summed E-state index contributed by atoms with van der Waals surface area (Å²) in [5.74, 6) is -1.92. The highest BCUT2D eigenvalue weighted by Crippen LogP contribution is 2.30. The van der Waals surface area contributed by atoms with E-state index in [1.54, 1.807) is 13.0 Å². The van der Waals surface area contributed by atoms with Crippen molar-refractivity contribution in [1.82, 2.24) is 25.6 Å². The van der Waals surface area contributed by atoms with E-state index in [1.807, 2.05) is 39.0 Å². The molecule has 3 aromatic heterocycles. The molecule has 5 heterocycles. The normalized spacial score (nSPS) is 18.0. The van der Waals surface area contributed by atoms with Crippen molar-refractivity contribution in [1.29, 1.82) is 0 Å². The molecule has 0 aliphatic carbocycles. The number of H-pyrrole nitrogens is 3. The summed E-state index contributed by atoms with van der Waals surface area (Å²) < 4.78 is 0. The number of hydrogen-bond donors (Lipinski definition) is 8. The van der Waals surface area contributed by atoms with Gasteiger partial charge in [0, 0.05) is 63.9 Å². The maximum atomic E-state index is 12.6. The molecule has 3 aromatic rings. The molecule has 11 heteroatoms. The SMILES string of the molecule is C=Cc1c(/C=c2\[nH]/c(=C\c3[nH]c(/C=C4\NC(=O)C([C@@H]5CN5)=C4C)c(C)c3CCC(=O)O)c(CCC(=O)O)c2C)[nH]c(O)c1C. The number of nitrogens with one attached hydrogen (secondary N) is 5. The van der Waals surface area contributed by atoms with Crippen molar-refractivity contribution in [3.8, 4) is 5.88 Å². The Hall–Kier alpha value is -5.03. The molecule has 1 atom stereocenters. The van der Waals surface area contributed by atoms with E-state index in [-0.39, 0.29) is 43.5 Å². The van der Waals surface area contributed by atoms with Crippen LogP contribution in [0.15, 0.2) is 23.4 Å². The van der Waals surface area contributed by atoms with Crippen LogP contribution in [-0.2, 0) is 27.2 Å². The number of aromatic amines is 3. The van der Waals surface area contributed by atoms with Crippen LogP contribution < -0.4 is 21.3 Å². The van der Waals surface area contributed by atoms with E-state index in [0.29, 0.717) is 28.0 Å². The van der Waals surface area contributed by atoms with E-state index in [9.17, 15) is 29.7 Å². The van der Waals surface area contributed by atoms with Crippen LogP contribution in [0.25, 0.3) is 24.3 Å². The summed E-state index contributed by atoms with van der Waals surface area (Å²) in [6, 6.07) is 0.0634. The Morgan fingerprint density at radius 3 is 2.09 bits per heavy atom. The Balaban J connectivity index is 1.67. The Morgan fingerprint density at radius 2 is 1.48 bits per heavy atom. The van der Waals surface area contributed by atoms with Crippen LogP contribution in [0.1, 0.15) is 70.2 Å². The average Bonchev–Trinajstić information content (AvgIpc) is 3.53. The van der Waals surface area contributed by atoms with E-state index in [1.165, 1.54) is 0 Å². The van der Waals surface area contributed by atoms with Gasteiger partial charge in [-0.2, -0.15) is 0 Å². The van der Waals surface area contributed by atoms with Gasteiger partial charge in [0.15, 0.2) is 5.88 Å². The van der Waals surface area contributed by atoms with E-state index in [2.05, 4.69) is 32.2 Å². The lowest BCUT2D eigenvalue weighted by molar-refractivity contribution is -0.138. The van der Waals surface area contributed by atoms with E-state index < -0.39 is 11.9 Å². The number of aromatic nitrogens is 3. The summed E-state index contributed by atoms with van der Waals surface area (Å²) in [5, 5.41) is 36.7. The molecule has 1 fully saturated rings. The van der Waals surface area contributed by atoms with Crippen LogP contribution in [0.5, 0.6) is 5.88 Å². The highest BCUT2D eigenvalue weighted by atomic mass is 16.4. The van der Waals surface area contributed by atoms with Crippen LogP contribution in [0.2, 0.25) is 0 Å². The highest BCUT2D eigenvalue weighted by molar-refractivity contribution is 6.03. The second-order valence-corrected chi connectivity index (χ2v) is 11.3. The summed E-state index contributed by atoms with van der Waals surface area (Å²) in [6.07, 6.45) is 7.68. The van der Waals surface area contributed by atoms with Crippen molar-refractivity contribution in [2.45, 2.75) is 59.4 Å². The molecule has 2 aliphatic heterocycles. The maximum Gasteiger partial charge on any atom is 0.303 e. The number of carboxylic acid groups (broad SMARTS) is 2. The van der Waals surface area contributed by atoms with Gasteiger partial charge in [0.05, 0.1) is 11.7 Å². The van der Waals surface area contributed by atoms with Gasteiger partial charge in [-0.15, -0.1) is 0 Å². The lowest BCUT2D eigenvalue weighted by Crippen LogP contribution is -2.19. The van der Waals surface area contributed by atoms with Crippen molar-refractivity contribution in [2.24, 2.45) is 0 Å². The van der Waals surface area contributed by atoms with Gasteiger partial charge < -0.3 is 40.9 Å². The molecule has 0 unspecified atom stereocenters. The summed E-state index contributed by atoms with van der Waals surface area (Å²) in [7, 11) is 0. The molecule has 5 rings (SSSR count). The van der Waals surface area contributed by atoms with E-state index in [0.717, 1.165) is 56.6 Å². The Morgan fingerprint density at radius 1 is 0.841 bits per heavy atom. The zero-order valence-corrected chi connectivity index (χ0v) is 25.2. The van der Waals surface area contributed by atoms with Crippen molar-refractivity contribution >= 4 is 42.1 Å². The first-order valence-electron chi connectivity index (χ1n) is 14.5. The molecule has 0 aromatic carbocycles. The predicted octanol–water partition coefficient (Wildman–Crippen LogP) is 2.40. The monoisotopic (exact) mass is 599 g/mol. The number of rotatable bonds is 11. The lowest BCUT2D eigenvalue weighted by atomic mass is 10.0. The molecule has 0 radical (unpaired) electrons. The summed E-state index contributed by atoms with van der Waals surface area (Å²) in [6.45, 7) is 12.1. The fourth-order valence-electron chi connectivity index (χ4n) is 5.85. The number of carbonyl (C=O) groups excluding carboxylic acids is 1. The molecular weight excluding hydrogens is 562 g/mol. The highest BCUT2D eigenvalue weighted by Gasteiger charge is 2.36. The smallest absolute Gasteiger partial charge is 0.303 e. The number of aromatic hydroxyl groups is 1. The van der Waals surface area contributed by atoms with Gasteiger partial charge in [-0.05, 0) is 86.6 Å². The van der Waals surface area contributed by atoms with Gasteiger partial charge in [0.1, 0.15) is 0 Å². The first-order valence-corrected chi connectivity index (χ1v) is 14.5. The molecule has 8 N–H and O–H groups in total. The van der Waals surface area contributed by atoms with Crippen molar-refractivity contribution in [3.05, 3.63) is 84.6 Å². The summed E-state index contributed by atoms with van der Waals surface area (Å²) in [5.41, 5.74) is 9.16. The van der Waals surface area contributed by atoms with Crippen molar-refractivity contribution in [3.63, 3.8) is 0 Å². The number of amides is 1. The zero-order valence-electron chi connectivity index (χ0n) is 25.2. The predicted molar refractivity (Wildman–Crippen MR) is 167 cm³/mol. The van der Waals surface area contributed by atoms with E-state index >= 15 is 0 Å². The fourth-order valence-corrected chi connectivity index (χ4v) is 5.85. The molecule has 1 saturated heterocycles. The van der Waals surface area contributed by atoms with Gasteiger partial charge in [0.25, 0.3) is 5.91 Å². The second-order valence-electron chi connectivity index (χ2n) is 11.3. The van der Waals surface area contributed by atoms with Gasteiger partial charge in [-0.3, -0.25) is 14.4 Å². The minimum atomic E-state index is -0.921. The molecule has 2 aliphatic rings. The van der Waals surface area contributed by atoms with Gasteiger partial charge in [0.2, 0.25) is 0 Å². The van der Waals surface area contributed by atoms with Crippen LogP contribution in [0.4, 0.5) is 0 Å². The molecule has 1 amide bonds. The molecule has 0 spiro atoms.